The van der Waals surface area contributed by atoms with Gasteiger partial charge in [-0.25, -0.2) is 18.2 Å². The topological polar surface area (TPSA) is 106 Å². The van der Waals surface area contributed by atoms with Crippen molar-refractivity contribution >= 4 is 51.8 Å². The summed E-state index contributed by atoms with van der Waals surface area (Å²) < 4.78 is 42.5. The monoisotopic (exact) mass is 687 g/mol. The standard InChI is InChI=1S/C30H25F3IN5O3/c31-19-5-3-6-21(14-19)38(27(22-7-1-2-8-23(22)34)28(41)37-20-15-30(32,33)16-20)29(42)24-9-4-10-26(40)39(24)25-13-18(17-35)11-12-36-25/h1-3,5-8,11-14,20,24,27H,4,9-10,15-16H2,(H,37,41)/t24-,27-/m0/s1. The van der Waals surface area contributed by atoms with Gasteiger partial charge >= 0.3 is 0 Å². The number of nitrogens with zero attached hydrogens (tertiary/aromatic N) is 4. The summed E-state index contributed by atoms with van der Waals surface area (Å²) in [5.74, 6) is -5.24. The van der Waals surface area contributed by atoms with E-state index in [0.29, 0.717) is 15.6 Å². The van der Waals surface area contributed by atoms with Crippen molar-refractivity contribution in [2.75, 3.05) is 9.80 Å². The first-order chi connectivity index (χ1) is 20.1. The third-order valence-corrected chi connectivity index (χ3v) is 8.30. The molecule has 1 aromatic heterocycles. The van der Waals surface area contributed by atoms with Gasteiger partial charge in [0.25, 0.3) is 11.8 Å². The number of benzene rings is 2. The Bertz CT molecular complexity index is 1570. The van der Waals surface area contributed by atoms with Crippen LogP contribution in [0.2, 0.25) is 0 Å². The highest BCUT2D eigenvalue weighted by Crippen LogP contribution is 2.39. The van der Waals surface area contributed by atoms with Gasteiger partial charge in [0.05, 0.1) is 11.6 Å². The van der Waals surface area contributed by atoms with Crippen molar-refractivity contribution < 1.29 is 27.6 Å². The SMILES string of the molecule is N#Cc1ccnc(N2C(=O)CCC[C@H]2C(=O)N(c2cccc(F)c2)[C@H](C(=O)NC2CC(F)(F)C2)c2ccccc2I)c1. The Morgan fingerprint density at radius 3 is 2.60 bits per heavy atom. The van der Waals surface area contributed by atoms with Crippen molar-refractivity contribution in [1.29, 1.82) is 5.26 Å². The Hall–Kier alpha value is -3.99. The summed E-state index contributed by atoms with van der Waals surface area (Å²) in [6.07, 6.45) is 1.02. The number of hydrogen-bond acceptors (Lipinski definition) is 5. The van der Waals surface area contributed by atoms with E-state index in [9.17, 15) is 32.8 Å². The van der Waals surface area contributed by atoms with Crippen LogP contribution >= 0.6 is 22.6 Å². The summed E-state index contributed by atoms with van der Waals surface area (Å²) in [6, 6.07) is 13.5. The fourth-order valence-corrected chi connectivity index (χ4v) is 6.02. The molecule has 8 nitrogen and oxygen atoms in total. The minimum Gasteiger partial charge on any atom is -0.351 e. The van der Waals surface area contributed by atoms with Crippen LogP contribution in [0.15, 0.2) is 66.9 Å². The normalized spacial score (nSPS) is 18.9. The van der Waals surface area contributed by atoms with E-state index in [2.05, 4.69) is 10.3 Å². The van der Waals surface area contributed by atoms with Gasteiger partial charge in [-0.05, 0) is 77.4 Å². The molecule has 1 saturated heterocycles. The number of nitrogens with one attached hydrogen (secondary N) is 1. The number of pyridine rings is 1. The molecule has 2 aliphatic rings. The summed E-state index contributed by atoms with van der Waals surface area (Å²) >= 11 is 2.02. The molecule has 3 aromatic rings. The van der Waals surface area contributed by atoms with Gasteiger partial charge in [-0.2, -0.15) is 5.26 Å². The van der Waals surface area contributed by atoms with Gasteiger partial charge in [0.2, 0.25) is 11.8 Å². The summed E-state index contributed by atoms with van der Waals surface area (Å²) in [6.45, 7) is 0. The Balaban J connectivity index is 1.62. The van der Waals surface area contributed by atoms with Gasteiger partial charge in [0, 0.05) is 40.8 Å². The zero-order chi connectivity index (χ0) is 30.0. The second-order valence-corrected chi connectivity index (χ2v) is 11.4. The molecule has 0 spiro atoms. The van der Waals surface area contributed by atoms with Crippen molar-refractivity contribution in [1.82, 2.24) is 10.3 Å². The molecule has 0 radical (unpaired) electrons. The van der Waals surface area contributed by atoms with Crippen molar-refractivity contribution in [3.8, 4) is 6.07 Å². The fraction of sp³-hybridized carbons (Fsp3) is 0.300. The average molecular weight is 687 g/mol. The maximum Gasteiger partial charge on any atom is 0.252 e. The molecule has 0 bridgehead atoms. The molecule has 216 valence electrons. The Morgan fingerprint density at radius 1 is 1.14 bits per heavy atom. The van der Waals surface area contributed by atoms with E-state index in [0.717, 1.165) is 11.0 Å². The van der Waals surface area contributed by atoms with Crippen LogP contribution in [0.1, 0.15) is 49.3 Å². The highest BCUT2D eigenvalue weighted by atomic mass is 127. The van der Waals surface area contributed by atoms with Crippen LogP contribution in [0, 0.1) is 20.7 Å². The van der Waals surface area contributed by atoms with Crippen LogP contribution in [0.3, 0.4) is 0 Å². The van der Waals surface area contributed by atoms with Crippen LogP contribution in [0.4, 0.5) is 24.7 Å². The van der Waals surface area contributed by atoms with Gasteiger partial charge in [0.1, 0.15) is 23.7 Å². The molecule has 3 amide bonds. The lowest BCUT2D eigenvalue weighted by Crippen LogP contribution is -2.58. The molecule has 5 rings (SSSR count). The zero-order valence-corrected chi connectivity index (χ0v) is 24.3. The van der Waals surface area contributed by atoms with Crippen LogP contribution in [-0.2, 0) is 14.4 Å². The van der Waals surface area contributed by atoms with Crippen LogP contribution in [0.5, 0.6) is 0 Å². The molecule has 2 heterocycles. The number of halogens is 4. The van der Waals surface area contributed by atoms with Gasteiger partial charge < -0.3 is 5.32 Å². The summed E-state index contributed by atoms with van der Waals surface area (Å²) in [4.78, 5) is 48.3. The highest BCUT2D eigenvalue weighted by molar-refractivity contribution is 14.1. The second kappa shape index (κ2) is 12.1. The molecule has 42 heavy (non-hydrogen) atoms. The molecule has 1 aliphatic carbocycles. The van der Waals surface area contributed by atoms with Crippen LogP contribution < -0.4 is 15.1 Å². The molecule has 12 heteroatoms. The largest absolute Gasteiger partial charge is 0.351 e. The second-order valence-electron chi connectivity index (χ2n) is 10.3. The molecule has 1 N–H and O–H groups in total. The van der Waals surface area contributed by atoms with E-state index in [1.807, 2.05) is 28.7 Å². The van der Waals surface area contributed by atoms with E-state index in [-0.39, 0.29) is 29.9 Å². The lowest BCUT2D eigenvalue weighted by atomic mass is 9.87. The number of carbonyl (C=O) groups excluding carboxylic acids is 3. The van der Waals surface area contributed by atoms with Gasteiger partial charge in [-0.15, -0.1) is 0 Å². The maximum absolute atomic E-state index is 14.6. The summed E-state index contributed by atoms with van der Waals surface area (Å²) in [5, 5.41) is 12.0. The highest BCUT2D eigenvalue weighted by Gasteiger charge is 2.48. The Labute approximate surface area is 253 Å². The van der Waals surface area contributed by atoms with E-state index in [1.54, 1.807) is 24.3 Å². The lowest BCUT2D eigenvalue weighted by molar-refractivity contribution is -0.133. The molecular formula is C30H25F3IN5O3. The molecule has 1 aliphatic heterocycles. The van der Waals surface area contributed by atoms with E-state index in [4.69, 9.17) is 0 Å². The van der Waals surface area contributed by atoms with Gasteiger partial charge in [-0.3, -0.25) is 24.2 Å². The first kappa shape index (κ1) is 29.5. The number of nitriles is 1. The lowest BCUT2D eigenvalue weighted by Gasteiger charge is -2.41. The third kappa shape index (κ3) is 6.11. The van der Waals surface area contributed by atoms with Crippen molar-refractivity contribution in [3.63, 3.8) is 0 Å². The molecule has 2 aromatic carbocycles. The number of aromatic nitrogens is 1. The van der Waals surface area contributed by atoms with E-state index in [1.165, 1.54) is 41.4 Å². The number of piperidine rings is 1. The minimum atomic E-state index is -2.89. The number of rotatable bonds is 7. The van der Waals surface area contributed by atoms with Crippen LogP contribution in [-0.4, -0.2) is 40.7 Å². The average Bonchev–Trinajstić information content (AvgIpc) is 2.95. The summed E-state index contributed by atoms with van der Waals surface area (Å²) in [7, 11) is 0. The van der Waals surface area contributed by atoms with Crippen molar-refractivity contribution in [2.45, 2.75) is 56.2 Å². The molecule has 0 unspecified atom stereocenters. The first-order valence-electron chi connectivity index (χ1n) is 13.3. The van der Waals surface area contributed by atoms with Crippen LogP contribution in [0.25, 0.3) is 0 Å². The molecule has 2 fully saturated rings. The fourth-order valence-electron chi connectivity index (χ4n) is 5.34. The molecule has 1 saturated carbocycles. The Morgan fingerprint density at radius 2 is 1.90 bits per heavy atom. The maximum atomic E-state index is 14.6. The quantitative estimate of drug-likeness (QED) is 0.341. The number of carbonyl (C=O) groups is 3. The first-order valence-corrected chi connectivity index (χ1v) is 14.4. The molecular weight excluding hydrogens is 662 g/mol. The predicted octanol–water partition coefficient (Wildman–Crippen LogP) is 5.27. The van der Waals surface area contributed by atoms with Crippen molar-refractivity contribution in [3.05, 3.63) is 87.4 Å². The number of anilines is 2. The summed E-state index contributed by atoms with van der Waals surface area (Å²) in [5.41, 5.74) is 0.688. The third-order valence-electron chi connectivity index (χ3n) is 7.32. The minimum absolute atomic E-state index is 0.0513. The number of amides is 3. The number of hydrogen-bond donors (Lipinski definition) is 1. The predicted molar refractivity (Wildman–Crippen MR) is 156 cm³/mol. The van der Waals surface area contributed by atoms with E-state index < -0.39 is 60.4 Å². The van der Waals surface area contributed by atoms with Gasteiger partial charge in [-0.1, -0.05) is 24.3 Å². The van der Waals surface area contributed by atoms with E-state index >= 15 is 0 Å². The smallest absolute Gasteiger partial charge is 0.252 e. The Kier molecular flexibility index (Phi) is 8.49. The number of alkyl halides is 2. The molecule has 2 atom stereocenters. The van der Waals surface area contributed by atoms with Crippen molar-refractivity contribution in [2.24, 2.45) is 0 Å². The van der Waals surface area contributed by atoms with Gasteiger partial charge in [0.15, 0.2) is 0 Å². The zero-order valence-electron chi connectivity index (χ0n) is 22.1.